The van der Waals surface area contributed by atoms with Crippen molar-refractivity contribution in [1.82, 2.24) is 9.97 Å². The van der Waals surface area contributed by atoms with Gasteiger partial charge in [0, 0.05) is 16.8 Å². The zero-order chi connectivity index (χ0) is 22.4. The van der Waals surface area contributed by atoms with E-state index in [0.717, 1.165) is 6.08 Å². The lowest BCUT2D eigenvalue weighted by Crippen LogP contribution is -2.12. The first-order valence-corrected chi connectivity index (χ1v) is 9.36. The largest absolute Gasteiger partial charge is 0.366 e. The summed E-state index contributed by atoms with van der Waals surface area (Å²) in [5.74, 6) is -0.673. The van der Waals surface area contributed by atoms with Crippen LogP contribution >= 0.6 is 11.6 Å². The molecule has 2 aromatic carbocycles. The van der Waals surface area contributed by atoms with Gasteiger partial charge in [-0.15, -0.1) is 0 Å². The number of nitrogens with two attached hydrogens (primary N) is 1. The molecule has 0 aliphatic rings. The van der Waals surface area contributed by atoms with Crippen LogP contribution in [0.3, 0.4) is 0 Å². The van der Waals surface area contributed by atoms with Gasteiger partial charge in [0.25, 0.3) is 0 Å². The molecule has 1 heterocycles. The standard InChI is InChI=1S/C21H18ClFN6O2/c1-2-18(30)26-15-5-3-4-6-16(15)27-20-14(22)11-25-21(29-20)28-17-9-12(19(24)31)7-8-13(17)10-23/h2-9,11H,1,10H2,(H2,24,31)(H,26,30)(H2,25,27,28,29). The van der Waals surface area contributed by atoms with Gasteiger partial charge in [-0.2, -0.15) is 4.98 Å². The van der Waals surface area contributed by atoms with Gasteiger partial charge in [-0.1, -0.05) is 36.4 Å². The second kappa shape index (κ2) is 9.68. The number of rotatable bonds is 8. The third kappa shape index (κ3) is 5.34. The summed E-state index contributed by atoms with van der Waals surface area (Å²) in [5.41, 5.74) is 7.13. The molecule has 2 amide bonds. The van der Waals surface area contributed by atoms with E-state index in [2.05, 4.69) is 32.5 Å². The van der Waals surface area contributed by atoms with Gasteiger partial charge in [-0.05, 0) is 30.3 Å². The monoisotopic (exact) mass is 440 g/mol. The molecule has 0 spiro atoms. The molecule has 0 radical (unpaired) electrons. The molecule has 0 bridgehead atoms. The van der Waals surface area contributed by atoms with Crippen LogP contribution in [0.25, 0.3) is 0 Å². The molecule has 5 N–H and O–H groups in total. The smallest absolute Gasteiger partial charge is 0.248 e. The third-order valence-electron chi connectivity index (χ3n) is 4.15. The van der Waals surface area contributed by atoms with Crippen LogP contribution in [0, 0.1) is 0 Å². The van der Waals surface area contributed by atoms with Gasteiger partial charge in [0.2, 0.25) is 17.8 Å². The molecule has 0 atom stereocenters. The molecule has 0 saturated heterocycles. The van der Waals surface area contributed by atoms with E-state index in [1.165, 1.54) is 24.4 Å². The van der Waals surface area contributed by atoms with Crippen molar-refractivity contribution in [2.24, 2.45) is 5.73 Å². The molecular formula is C21H18ClFN6O2. The zero-order valence-corrected chi connectivity index (χ0v) is 16.9. The molecule has 0 saturated carbocycles. The maximum Gasteiger partial charge on any atom is 0.248 e. The number of nitrogens with zero attached hydrogens (tertiary/aromatic N) is 2. The number of halogens is 2. The van der Waals surface area contributed by atoms with Crippen molar-refractivity contribution >= 4 is 52.2 Å². The van der Waals surface area contributed by atoms with Gasteiger partial charge in [-0.25, -0.2) is 9.37 Å². The van der Waals surface area contributed by atoms with E-state index in [1.807, 2.05) is 0 Å². The number of para-hydroxylation sites is 2. The van der Waals surface area contributed by atoms with Gasteiger partial charge >= 0.3 is 0 Å². The van der Waals surface area contributed by atoms with Gasteiger partial charge in [-0.3, -0.25) is 9.59 Å². The van der Waals surface area contributed by atoms with E-state index >= 15 is 0 Å². The van der Waals surface area contributed by atoms with E-state index in [4.69, 9.17) is 17.3 Å². The predicted octanol–water partition coefficient (Wildman–Crippen LogP) is 4.31. The molecule has 8 nitrogen and oxygen atoms in total. The maximum absolute atomic E-state index is 13.4. The Bertz CT molecular complexity index is 1150. The molecule has 10 heteroatoms. The predicted molar refractivity (Wildman–Crippen MR) is 119 cm³/mol. The molecule has 0 aliphatic heterocycles. The Kier molecular flexibility index (Phi) is 6.78. The summed E-state index contributed by atoms with van der Waals surface area (Å²) in [6.45, 7) is 2.66. The summed E-state index contributed by atoms with van der Waals surface area (Å²) in [7, 11) is 0. The van der Waals surface area contributed by atoms with Crippen molar-refractivity contribution in [2.45, 2.75) is 6.67 Å². The summed E-state index contributed by atoms with van der Waals surface area (Å²) in [5, 5.41) is 8.80. The summed E-state index contributed by atoms with van der Waals surface area (Å²) < 4.78 is 13.4. The maximum atomic E-state index is 13.4. The van der Waals surface area contributed by atoms with Crippen molar-refractivity contribution in [2.75, 3.05) is 16.0 Å². The van der Waals surface area contributed by atoms with Crippen LogP contribution < -0.4 is 21.7 Å². The molecule has 3 rings (SSSR count). The normalized spacial score (nSPS) is 10.3. The Hall–Kier alpha value is -3.98. The number of anilines is 5. The number of carbonyl (C=O) groups is 2. The second-order valence-electron chi connectivity index (χ2n) is 6.25. The Balaban J connectivity index is 1.91. The van der Waals surface area contributed by atoms with Crippen LogP contribution in [0.2, 0.25) is 5.02 Å². The van der Waals surface area contributed by atoms with Crippen molar-refractivity contribution in [1.29, 1.82) is 0 Å². The van der Waals surface area contributed by atoms with Crippen LogP contribution in [-0.4, -0.2) is 21.8 Å². The zero-order valence-electron chi connectivity index (χ0n) is 16.2. The summed E-state index contributed by atoms with van der Waals surface area (Å²) >= 11 is 6.22. The minimum Gasteiger partial charge on any atom is -0.366 e. The Labute approximate surface area is 182 Å². The van der Waals surface area contributed by atoms with Crippen molar-refractivity contribution in [3.8, 4) is 0 Å². The molecular weight excluding hydrogens is 423 g/mol. The lowest BCUT2D eigenvalue weighted by Gasteiger charge is -2.14. The van der Waals surface area contributed by atoms with Gasteiger partial charge in [0.1, 0.15) is 11.7 Å². The third-order valence-corrected chi connectivity index (χ3v) is 4.43. The Morgan fingerprint density at radius 2 is 1.87 bits per heavy atom. The number of nitrogens with one attached hydrogen (secondary N) is 3. The Morgan fingerprint density at radius 3 is 2.55 bits per heavy atom. The Morgan fingerprint density at radius 1 is 1.13 bits per heavy atom. The van der Waals surface area contributed by atoms with Crippen LogP contribution in [0.15, 0.2) is 61.3 Å². The number of aromatic nitrogens is 2. The van der Waals surface area contributed by atoms with Crippen molar-refractivity contribution in [3.63, 3.8) is 0 Å². The lowest BCUT2D eigenvalue weighted by molar-refractivity contribution is -0.111. The molecule has 3 aromatic rings. The first-order valence-electron chi connectivity index (χ1n) is 8.99. The highest BCUT2D eigenvalue weighted by Gasteiger charge is 2.12. The SMILES string of the molecule is C=CC(=O)Nc1ccccc1Nc1nc(Nc2cc(C(N)=O)ccc2CF)ncc1Cl. The van der Waals surface area contributed by atoms with Crippen molar-refractivity contribution < 1.29 is 14.0 Å². The van der Waals surface area contributed by atoms with Crippen LogP contribution in [-0.2, 0) is 11.5 Å². The molecule has 31 heavy (non-hydrogen) atoms. The number of carbonyl (C=O) groups excluding carboxylic acids is 2. The highest BCUT2D eigenvalue weighted by Crippen LogP contribution is 2.30. The molecule has 0 fully saturated rings. The number of benzene rings is 2. The molecule has 0 unspecified atom stereocenters. The van der Waals surface area contributed by atoms with Gasteiger partial charge in [0.15, 0.2) is 5.82 Å². The fourth-order valence-corrected chi connectivity index (χ4v) is 2.75. The number of primary amides is 1. The first-order chi connectivity index (χ1) is 14.9. The van der Waals surface area contributed by atoms with Crippen LogP contribution in [0.1, 0.15) is 15.9 Å². The minimum absolute atomic E-state index is 0.107. The van der Waals surface area contributed by atoms with E-state index < -0.39 is 12.6 Å². The van der Waals surface area contributed by atoms with Gasteiger partial charge in [0.05, 0.1) is 17.6 Å². The summed E-state index contributed by atoms with van der Waals surface area (Å²) in [6.07, 6.45) is 2.51. The average molecular weight is 441 g/mol. The lowest BCUT2D eigenvalue weighted by atomic mass is 10.1. The van der Waals surface area contributed by atoms with Gasteiger partial charge < -0.3 is 21.7 Å². The fourth-order valence-electron chi connectivity index (χ4n) is 2.61. The number of alkyl halides is 1. The number of hydrogen-bond donors (Lipinski definition) is 4. The highest BCUT2D eigenvalue weighted by molar-refractivity contribution is 6.33. The molecule has 1 aromatic heterocycles. The quantitative estimate of drug-likeness (QED) is 0.387. The van der Waals surface area contributed by atoms with Crippen molar-refractivity contribution in [3.05, 3.63) is 77.5 Å². The number of hydrogen-bond acceptors (Lipinski definition) is 6. The van der Waals surface area contributed by atoms with E-state index in [-0.39, 0.29) is 28.3 Å². The van der Waals surface area contributed by atoms with E-state index in [0.29, 0.717) is 22.6 Å². The van der Waals surface area contributed by atoms with E-state index in [1.54, 1.807) is 24.3 Å². The average Bonchev–Trinajstić information content (AvgIpc) is 2.77. The summed E-state index contributed by atoms with van der Waals surface area (Å²) in [4.78, 5) is 31.5. The molecule has 158 valence electrons. The minimum atomic E-state index is -0.767. The number of amides is 2. The van der Waals surface area contributed by atoms with E-state index in [9.17, 15) is 14.0 Å². The summed E-state index contributed by atoms with van der Waals surface area (Å²) in [6, 6.07) is 11.2. The second-order valence-corrected chi connectivity index (χ2v) is 6.66. The fraction of sp³-hybridized carbons (Fsp3) is 0.0476. The first kappa shape index (κ1) is 21.7. The molecule has 0 aliphatic carbocycles. The van der Waals surface area contributed by atoms with Crippen LogP contribution in [0.5, 0.6) is 0 Å². The topological polar surface area (TPSA) is 122 Å². The highest BCUT2D eigenvalue weighted by atomic mass is 35.5. The van der Waals surface area contributed by atoms with Crippen LogP contribution in [0.4, 0.5) is 33.2 Å².